The van der Waals surface area contributed by atoms with Gasteiger partial charge >= 0.3 is 0 Å². The quantitative estimate of drug-likeness (QED) is 0.693. The number of nitrogens with one attached hydrogen (secondary N) is 1. The Balaban J connectivity index is 1.59. The van der Waals surface area contributed by atoms with Crippen molar-refractivity contribution in [2.45, 2.75) is 6.04 Å². The molecule has 6 nitrogen and oxygen atoms in total. The second-order valence-electron chi connectivity index (χ2n) is 7.74. The highest BCUT2D eigenvalue weighted by Gasteiger charge is 2.43. The molecule has 1 fully saturated rings. The van der Waals surface area contributed by atoms with Crippen LogP contribution in [0.3, 0.4) is 0 Å². The number of halogens is 1. The number of amides is 1. The number of nitrogens with zero attached hydrogens (tertiary/aromatic N) is 1. The third kappa shape index (κ3) is 3.31. The number of fused-ring (bicyclic) bond motifs is 2. The van der Waals surface area contributed by atoms with E-state index in [4.69, 9.17) is 20.8 Å². The molecule has 0 radical (unpaired) electrons. The summed E-state index contributed by atoms with van der Waals surface area (Å²) in [6.45, 7) is 4.62. The molecule has 3 heterocycles. The fraction of sp³-hybridized carbons (Fsp3) is 0.304. The van der Waals surface area contributed by atoms with Crippen molar-refractivity contribution in [3.05, 3.63) is 80.7 Å². The Bertz CT molecular complexity index is 1150. The summed E-state index contributed by atoms with van der Waals surface area (Å²) in [5.74, 6) is -0.0870. The van der Waals surface area contributed by atoms with Gasteiger partial charge in [-0.15, -0.1) is 0 Å². The average molecular weight is 426 g/mol. The number of carbonyl (C=O) groups is 1. The van der Waals surface area contributed by atoms with Gasteiger partial charge in [0.05, 0.1) is 43.3 Å². The fourth-order valence-corrected chi connectivity index (χ4v) is 4.50. The van der Waals surface area contributed by atoms with Crippen molar-refractivity contribution in [3.63, 3.8) is 0 Å². The maximum absolute atomic E-state index is 13.4. The van der Waals surface area contributed by atoms with Gasteiger partial charge in [-0.05, 0) is 29.8 Å². The van der Waals surface area contributed by atoms with E-state index in [1.165, 1.54) is 4.90 Å². The number of morpholine rings is 1. The van der Waals surface area contributed by atoms with Crippen molar-refractivity contribution in [1.82, 2.24) is 4.90 Å². The molecule has 1 amide bonds. The third-order valence-corrected chi connectivity index (χ3v) is 6.22. The molecule has 2 aliphatic heterocycles. The van der Waals surface area contributed by atoms with Crippen LogP contribution in [-0.4, -0.2) is 50.2 Å². The number of benzene rings is 2. The van der Waals surface area contributed by atoms with Crippen LogP contribution < -0.4 is 10.3 Å². The van der Waals surface area contributed by atoms with Gasteiger partial charge in [0.1, 0.15) is 18.7 Å². The molecule has 1 atom stereocenters. The van der Waals surface area contributed by atoms with Crippen molar-refractivity contribution < 1.29 is 18.8 Å². The maximum atomic E-state index is 13.4. The summed E-state index contributed by atoms with van der Waals surface area (Å²) < 4.78 is 11.4. The number of hydrogen-bond acceptors (Lipinski definition) is 4. The van der Waals surface area contributed by atoms with Gasteiger partial charge in [-0.2, -0.15) is 0 Å². The Hall–Kier alpha value is -2.67. The van der Waals surface area contributed by atoms with Crippen LogP contribution in [-0.2, 0) is 4.74 Å². The molecule has 1 N–H and O–H groups in total. The molecule has 0 bridgehead atoms. The van der Waals surface area contributed by atoms with Crippen LogP contribution in [0.25, 0.3) is 11.0 Å². The van der Waals surface area contributed by atoms with Crippen LogP contribution >= 0.6 is 11.6 Å². The van der Waals surface area contributed by atoms with E-state index in [0.29, 0.717) is 28.1 Å². The Labute approximate surface area is 178 Å². The lowest BCUT2D eigenvalue weighted by atomic mass is 9.98. The van der Waals surface area contributed by atoms with E-state index in [1.54, 1.807) is 41.3 Å². The number of hydrogen-bond donors (Lipinski definition) is 1. The van der Waals surface area contributed by atoms with Gasteiger partial charge in [0.2, 0.25) is 5.76 Å². The van der Waals surface area contributed by atoms with Crippen molar-refractivity contribution in [3.8, 4) is 0 Å². The Morgan fingerprint density at radius 3 is 2.53 bits per heavy atom. The SMILES string of the molecule is O=C1c2oc3ccccc3c(=O)c2[C@@H](c2ccc(Cl)cc2)N1CC[NH+]1CCOCC1. The lowest BCUT2D eigenvalue weighted by Crippen LogP contribution is -3.14. The summed E-state index contributed by atoms with van der Waals surface area (Å²) in [5, 5.41) is 1.10. The van der Waals surface area contributed by atoms with Crippen LogP contribution in [0.15, 0.2) is 57.7 Å². The van der Waals surface area contributed by atoms with Crippen molar-refractivity contribution in [2.24, 2.45) is 0 Å². The van der Waals surface area contributed by atoms with E-state index in [2.05, 4.69) is 0 Å². The minimum atomic E-state index is -0.480. The van der Waals surface area contributed by atoms with Gasteiger partial charge in [0.15, 0.2) is 5.43 Å². The molecule has 154 valence electrons. The van der Waals surface area contributed by atoms with Crippen LogP contribution in [0, 0.1) is 0 Å². The van der Waals surface area contributed by atoms with Crippen LogP contribution in [0.4, 0.5) is 0 Å². The zero-order valence-electron chi connectivity index (χ0n) is 16.4. The maximum Gasteiger partial charge on any atom is 0.291 e. The summed E-state index contributed by atoms with van der Waals surface area (Å²) in [5.41, 5.74) is 1.55. The van der Waals surface area contributed by atoms with E-state index >= 15 is 0 Å². The molecule has 7 heteroatoms. The predicted octanol–water partition coefficient (Wildman–Crippen LogP) is 1.91. The van der Waals surface area contributed by atoms with Gasteiger partial charge in [-0.1, -0.05) is 35.9 Å². The third-order valence-electron chi connectivity index (χ3n) is 5.97. The average Bonchev–Trinajstić information content (AvgIpc) is 3.06. The minimum absolute atomic E-state index is 0.149. The largest absolute Gasteiger partial charge is 0.450 e. The van der Waals surface area contributed by atoms with E-state index in [1.807, 2.05) is 12.1 Å². The molecule has 0 unspecified atom stereocenters. The van der Waals surface area contributed by atoms with Crippen molar-refractivity contribution in [2.75, 3.05) is 39.4 Å². The number of carbonyl (C=O) groups excluding carboxylic acids is 1. The topological polar surface area (TPSA) is 64.2 Å². The standard InChI is InChI=1S/C23H21ClN2O4/c24-16-7-5-15(6-8-16)20-19-21(27)17-3-1-2-4-18(17)30-22(19)23(28)26(20)10-9-25-11-13-29-14-12-25/h1-8,20H,9-14H2/p+1/t20-/m1/s1. The molecule has 2 aliphatic rings. The zero-order chi connectivity index (χ0) is 20.7. The first-order valence-corrected chi connectivity index (χ1v) is 10.5. The van der Waals surface area contributed by atoms with E-state index in [-0.39, 0.29) is 17.1 Å². The first kappa shape index (κ1) is 19.3. The molecular weight excluding hydrogens is 404 g/mol. The summed E-state index contributed by atoms with van der Waals surface area (Å²) in [6, 6.07) is 13.9. The summed E-state index contributed by atoms with van der Waals surface area (Å²) >= 11 is 6.08. The van der Waals surface area contributed by atoms with E-state index in [9.17, 15) is 9.59 Å². The van der Waals surface area contributed by atoms with Crippen LogP contribution in [0.1, 0.15) is 27.7 Å². The predicted molar refractivity (Wildman–Crippen MR) is 113 cm³/mol. The van der Waals surface area contributed by atoms with Gasteiger partial charge < -0.3 is 19.0 Å². The lowest BCUT2D eigenvalue weighted by molar-refractivity contribution is -0.907. The van der Waals surface area contributed by atoms with E-state index < -0.39 is 6.04 Å². The summed E-state index contributed by atoms with van der Waals surface area (Å²) in [6.07, 6.45) is 0. The Morgan fingerprint density at radius 2 is 1.77 bits per heavy atom. The number of quaternary nitrogens is 1. The Morgan fingerprint density at radius 1 is 1.03 bits per heavy atom. The van der Waals surface area contributed by atoms with Crippen LogP contribution in [0.2, 0.25) is 5.02 Å². The molecule has 0 spiro atoms. The van der Waals surface area contributed by atoms with Gasteiger partial charge in [-0.25, -0.2) is 0 Å². The van der Waals surface area contributed by atoms with E-state index in [0.717, 1.165) is 38.4 Å². The lowest BCUT2D eigenvalue weighted by Gasteiger charge is -2.29. The van der Waals surface area contributed by atoms with Crippen molar-refractivity contribution in [1.29, 1.82) is 0 Å². The number of ether oxygens (including phenoxy) is 1. The number of para-hydroxylation sites is 1. The highest BCUT2D eigenvalue weighted by Crippen LogP contribution is 2.38. The van der Waals surface area contributed by atoms with Gasteiger partial charge in [0.25, 0.3) is 5.91 Å². The van der Waals surface area contributed by atoms with Crippen molar-refractivity contribution >= 4 is 28.5 Å². The minimum Gasteiger partial charge on any atom is -0.450 e. The summed E-state index contributed by atoms with van der Waals surface area (Å²) in [4.78, 5) is 29.9. The smallest absolute Gasteiger partial charge is 0.291 e. The highest BCUT2D eigenvalue weighted by molar-refractivity contribution is 6.30. The first-order chi connectivity index (χ1) is 14.6. The van der Waals surface area contributed by atoms with Gasteiger partial charge in [0, 0.05) is 5.02 Å². The second-order valence-corrected chi connectivity index (χ2v) is 8.17. The molecule has 1 aromatic heterocycles. The van der Waals surface area contributed by atoms with Crippen LogP contribution in [0.5, 0.6) is 0 Å². The molecule has 2 aromatic carbocycles. The monoisotopic (exact) mass is 425 g/mol. The molecule has 0 aliphatic carbocycles. The normalized spacial score (nSPS) is 19.4. The molecule has 5 rings (SSSR count). The zero-order valence-corrected chi connectivity index (χ0v) is 17.2. The Kier molecular flexibility index (Phi) is 5.06. The molecule has 3 aromatic rings. The first-order valence-electron chi connectivity index (χ1n) is 10.2. The fourth-order valence-electron chi connectivity index (χ4n) is 4.38. The molecular formula is C23H22ClN2O4+. The highest BCUT2D eigenvalue weighted by atomic mass is 35.5. The summed E-state index contributed by atoms with van der Waals surface area (Å²) in [7, 11) is 0. The number of rotatable bonds is 4. The molecule has 30 heavy (non-hydrogen) atoms. The molecule has 0 saturated carbocycles. The molecule has 1 saturated heterocycles. The second kappa shape index (κ2) is 7.87. The van der Waals surface area contributed by atoms with Gasteiger partial charge in [-0.3, -0.25) is 9.59 Å².